The van der Waals surface area contributed by atoms with Gasteiger partial charge < -0.3 is 30.7 Å². The third-order valence-corrected chi connectivity index (χ3v) is 19.5. The minimum Gasteiger partial charge on any atom is -0.361 e. The molecule has 6 amide bonds. The molecule has 0 bridgehead atoms. The van der Waals surface area contributed by atoms with Crippen molar-refractivity contribution in [3.8, 4) is 0 Å². The number of nitrogens with zero attached hydrogens (tertiary/aromatic N) is 3. The van der Waals surface area contributed by atoms with Gasteiger partial charge in [0.1, 0.15) is 0 Å². The van der Waals surface area contributed by atoms with Crippen LogP contribution in [-0.4, -0.2) is 122 Å². The molecule has 0 spiro atoms. The number of carbonyl (C=O) groups is 6. The van der Waals surface area contributed by atoms with Crippen LogP contribution in [0, 0.1) is 20.8 Å². The molecule has 5 aromatic heterocycles. The second kappa shape index (κ2) is 40.8. The largest absolute Gasteiger partial charge is 0.361 e. The Morgan fingerprint density at radius 3 is 0.963 bits per heavy atom. The van der Waals surface area contributed by atoms with Crippen molar-refractivity contribution >= 4 is 116 Å². The molecule has 0 unspecified atom stereocenters. The molecule has 18 nitrogen and oxygen atoms in total. The van der Waals surface area contributed by atoms with Crippen LogP contribution in [0.3, 0.4) is 0 Å². The number of hydrogen-bond donors (Lipinski definition) is 7. The van der Waals surface area contributed by atoms with Crippen molar-refractivity contribution in [3.05, 3.63) is 283 Å². The number of nitrogens with one attached hydrogen (secondary N) is 6. The van der Waals surface area contributed by atoms with Crippen LogP contribution in [0.15, 0.2) is 205 Å². The van der Waals surface area contributed by atoms with Gasteiger partial charge in [0.15, 0.2) is 0 Å². The molecule has 8 N–H and O–H groups in total. The van der Waals surface area contributed by atoms with E-state index in [2.05, 4.69) is 82.8 Å². The first kappa shape index (κ1) is 84.5. The molecule has 0 atom stereocenters. The number of hydrogen-bond acceptors (Lipinski definition) is 9. The minimum atomic E-state index is -3.10. The van der Waals surface area contributed by atoms with Gasteiger partial charge in [0, 0.05) is 104 Å². The van der Waals surface area contributed by atoms with E-state index < -0.39 is 10.0 Å². The van der Waals surface area contributed by atoms with Crippen LogP contribution in [0.4, 0.5) is 0 Å². The van der Waals surface area contributed by atoms with Crippen LogP contribution < -0.4 is 10.5 Å². The second-order valence-corrected chi connectivity index (χ2v) is 26.9. The van der Waals surface area contributed by atoms with Crippen LogP contribution in [0.5, 0.6) is 0 Å². The molecule has 20 heteroatoms. The molecule has 0 radical (unpaired) electrons. The van der Waals surface area contributed by atoms with Gasteiger partial charge in [-0.2, -0.15) is 0 Å². The number of rotatable bonds is 15. The van der Waals surface area contributed by atoms with Gasteiger partial charge >= 0.3 is 0 Å². The number of aromatic amines is 5. The van der Waals surface area contributed by atoms with E-state index in [-0.39, 0.29) is 35.4 Å². The highest BCUT2D eigenvalue weighted by atomic mass is 79.9. The number of benzene rings is 8. The second-order valence-electron chi connectivity index (χ2n) is 24.3. The third kappa shape index (κ3) is 19.7. The van der Waals surface area contributed by atoms with Crippen molar-refractivity contribution < 1.29 is 37.2 Å². The number of para-hydroxylation sites is 5. The molecule has 0 aliphatic carbocycles. The summed E-state index contributed by atoms with van der Waals surface area (Å²) >= 11 is 3.53. The highest BCUT2D eigenvalue weighted by Crippen LogP contribution is 2.32. The SMILES string of the molecule is CC.CC.CC.CC.CC.Cc1[nH]c2ccccc2c1CCN.Cc1[nH]c2ccccc2c1CCN1C(=O)c2ccccc2C1=O.Cc1[nH]c2ccccc2c1CCNS(C)(=O)=O.O=C1c2ccccc2C(=O)N1CCc1c(Br)[nH]c2ccccc12.O=C1c2ccccc2C(=O)N1CCc1c[nH]c2ccccc12. The summed E-state index contributed by atoms with van der Waals surface area (Å²) in [5.74, 6) is -1.19. The average Bonchev–Trinajstić information content (AvgIpc) is 1.64. The molecule has 566 valence electrons. The number of H-pyrrole nitrogens is 5. The topological polar surface area (TPSA) is 263 Å². The first-order valence-electron chi connectivity index (χ1n) is 37.4. The Bertz CT molecular complexity index is 5070. The normalized spacial score (nSPS) is 12.2. The summed E-state index contributed by atoms with van der Waals surface area (Å²) < 4.78 is 25.4. The zero-order chi connectivity index (χ0) is 78.8. The Morgan fingerprint density at radius 2 is 0.620 bits per heavy atom. The maximum atomic E-state index is 12.4. The van der Waals surface area contributed by atoms with Crippen molar-refractivity contribution in [2.24, 2.45) is 5.73 Å². The average molecular weight is 1540 g/mol. The standard InChI is InChI=1S/C19H16N2O2.C18H13BrN2O2.C18H14N2O2.C12H16N2O2S.C11H14N2.5C2H6/c1-12-13(14-6-4-5-9-17(14)20-12)10-11-21-18(22)15-7-2-3-8-16(15)19(21)23;19-16-12(11-5-3-4-8-15(11)20-16)9-10-21-17(22)13-6-1-2-7-14(13)18(21)23;21-17-14-6-1-2-7-15(14)18(22)20(17)10-9-12-11-19-16-8-4-3-5-13(12)16;1-9-10(7-8-13-17(2,15)16)11-5-3-4-6-12(11)14-9;1-8-9(6-7-12)10-4-2-3-5-11(10)13-8;5*1-2/h2-9,20H,10-11H2,1H3;1-8,20H,9-10H2;1-8,11,19H,9-10H2;3-6,13-14H,7-8H2,1-2H3;2-5,13H,6-7,12H2,1H3;5*1-2H3. The Labute approximate surface area is 643 Å². The summed E-state index contributed by atoms with van der Waals surface area (Å²) in [7, 11) is -3.10. The van der Waals surface area contributed by atoms with Crippen LogP contribution in [-0.2, 0) is 42.1 Å². The molecule has 3 aliphatic rings. The molecule has 0 saturated carbocycles. The van der Waals surface area contributed by atoms with Gasteiger partial charge in [-0.3, -0.25) is 43.5 Å². The van der Waals surface area contributed by atoms with E-state index in [1.807, 2.05) is 180 Å². The highest BCUT2D eigenvalue weighted by Gasteiger charge is 2.37. The van der Waals surface area contributed by atoms with Crippen LogP contribution >= 0.6 is 15.9 Å². The fourth-order valence-corrected chi connectivity index (χ4v) is 14.3. The van der Waals surface area contributed by atoms with Crippen molar-refractivity contribution in [1.82, 2.24) is 44.3 Å². The predicted octanol–water partition coefficient (Wildman–Crippen LogP) is 18.8. The summed E-state index contributed by atoms with van der Waals surface area (Å²) in [6, 6.07) is 61.5. The molecule has 108 heavy (non-hydrogen) atoms. The van der Waals surface area contributed by atoms with Crippen molar-refractivity contribution in [1.29, 1.82) is 0 Å². The van der Waals surface area contributed by atoms with Crippen molar-refractivity contribution in [2.75, 3.05) is 39.0 Å². The Hall–Kier alpha value is -10.8. The number of nitrogens with two attached hydrogens (primary N) is 1. The number of imide groups is 3. The fraction of sp³-hybridized carbons (Fsp3) is 0.273. The van der Waals surface area contributed by atoms with E-state index in [9.17, 15) is 37.2 Å². The minimum absolute atomic E-state index is 0.192. The van der Waals surface area contributed by atoms with E-state index in [0.29, 0.717) is 91.8 Å². The lowest BCUT2D eigenvalue weighted by Gasteiger charge is -2.13. The quantitative estimate of drug-likeness (QED) is 0.0481. The molecular weight excluding hydrogens is 1440 g/mol. The van der Waals surface area contributed by atoms with Crippen molar-refractivity contribution in [2.45, 2.75) is 122 Å². The van der Waals surface area contributed by atoms with Gasteiger partial charge in [-0.1, -0.05) is 197 Å². The van der Waals surface area contributed by atoms with Gasteiger partial charge in [0.2, 0.25) is 10.0 Å². The summed E-state index contributed by atoms with van der Waals surface area (Å²) in [5, 5.41) is 5.88. The predicted molar refractivity (Wildman–Crippen MR) is 446 cm³/mol. The van der Waals surface area contributed by atoms with Gasteiger partial charge in [-0.05, 0) is 170 Å². The molecule has 13 aromatic rings. The number of amides is 6. The smallest absolute Gasteiger partial charge is 0.261 e. The van der Waals surface area contributed by atoms with Crippen molar-refractivity contribution in [3.63, 3.8) is 0 Å². The lowest BCUT2D eigenvalue weighted by molar-refractivity contribution is 0.0640. The van der Waals surface area contributed by atoms with E-state index in [1.54, 1.807) is 72.8 Å². The van der Waals surface area contributed by atoms with E-state index in [4.69, 9.17) is 5.73 Å². The summed E-state index contributed by atoms with van der Waals surface area (Å²) in [6.45, 7) is 28.4. The third-order valence-electron chi connectivity index (χ3n) is 18.1. The van der Waals surface area contributed by atoms with E-state index in [1.165, 1.54) is 54.1 Å². The molecule has 8 aromatic carbocycles. The van der Waals surface area contributed by atoms with E-state index >= 15 is 0 Å². The number of fused-ring (bicyclic) bond motifs is 8. The van der Waals surface area contributed by atoms with Gasteiger partial charge in [0.05, 0.1) is 44.2 Å². The summed E-state index contributed by atoms with van der Waals surface area (Å²) in [6.07, 6.45) is 6.68. The molecule has 16 rings (SSSR count). The van der Waals surface area contributed by atoms with Gasteiger partial charge in [-0.15, -0.1) is 0 Å². The number of carbonyl (C=O) groups excluding carboxylic acids is 6. The van der Waals surface area contributed by atoms with Gasteiger partial charge in [-0.25, -0.2) is 13.1 Å². The number of halogens is 1. The molecule has 0 fully saturated rings. The van der Waals surface area contributed by atoms with Gasteiger partial charge in [0.25, 0.3) is 35.4 Å². The zero-order valence-electron chi connectivity index (χ0n) is 64.6. The van der Waals surface area contributed by atoms with Crippen LogP contribution in [0.25, 0.3) is 54.5 Å². The monoisotopic (exact) mass is 1540 g/mol. The molecular formula is C88H103BrN10O8S. The molecule has 0 saturated heterocycles. The molecule has 3 aliphatic heterocycles. The first-order valence-corrected chi connectivity index (χ1v) is 40.1. The number of aromatic nitrogens is 5. The van der Waals surface area contributed by atoms with E-state index in [0.717, 1.165) is 77.3 Å². The Morgan fingerprint density at radius 1 is 0.352 bits per heavy atom. The fourth-order valence-electron chi connectivity index (χ4n) is 13.2. The maximum absolute atomic E-state index is 12.4. The maximum Gasteiger partial charge on any atom is 0.261 e. The lowest BCUT2D eigenvalue weighted by Crippen LogP contribution is -2.31. The first-order chi connectivity index (χ1) is 52.4. The number of aryl methyl sites for hydroxylation is 3. The van der Waals surface area contributed by atoms with Crippen LogP contribution in [0.2, 0.25) is 0 Å². The summed E-state index contributed by atoms with van der Waals surface area (Å²) in [5.41, 5.74) is 23.4. The Balaban J connectivity index is 0.000000185. The molecule has 8 heterocycles. The zero-order valence-corrected chi connectivity index (χ0v) is 67.0. The Kier molecular flexibility index (Phi) is 31.9. The highest BCUT2D eigenvalue weighted by molar-refractivity contribution is 9.10. The summed E-state index contributed by atoms with van der Waals surface area (Å²) in [4.78, 5) is 94.8. The number of sulfonamides is 1. The lowest BCUT2D eigenvalue weighted by atomic mass is 10.1. The van der Waals surface area contributed by atoms with Crippen LogP contribution in [0.1, 0.15) is 176 Å².